The van der Waals surface area contributed by atoms with Crippen LogP contribution in [0.25, 0.3) is 0 Å². The molecule has 0 aliphatic heterocycles. The van der Waals surface area contributed by atoms with Crippen molar-refractivity contribution in [3.8, 4) is 0 Å². The van der Waals surface area contributed by atoms with Crippen LogP contribution in [0, 0.1) is 16.7 Å². The highest BCUT2D eigenvalue weighted by molar-refractivity contribution is 5.05. The van der Waals surface area contributed by atoms with Gasteiger partial charge in [0.05, 0.1) is 6.26 Å². The van der Waals surface area contributed by atoms with Gasteiger partial charge in [-0.2, -0.15) is 0 Å². The molecule has 21 heavy (non-hydrogen) atoms. The first-order valence-electron chi connectivity index (χ1n) is 8.73. The van der Waals surface area contributed by atoms with E-state index in [-0.39, 0.29) is 0 Å². The highest BCUT2D eigenvalue weighted by Crippen LogP contribution is 2.47. The standard InChI is InChI=1S/C19H31NO/c1-18(2,3)15-8-10-19(11-9-15,14-20-16-6-7-16)13-17-5-4-12-21-17/h4-5,12,15-16,20H,6-11,13-14H2,1-3H3. The summed E-state index contributed by atoms with van der Waals surface area (Å²) in [6.45, 7) is 8.38. The van der Waals surface area contributed by atoms with Gasteiger partial charge in [0.25, 0.3) is 0 Å². The molecule has 2 saturated carbocycles. The lowest BCUT2D eigenvalue weighted by molar-refractivity contribution is 0.0820. The van der Waals surface area contributed by atoms with Crippen LogP contribution in [0.5, 0.6) is 0 Å². The molecule has 0 saturated heterocycles. The van der Waals surface area contributed by atoms with Crippen LogP contribution in [0.15, 0.2) is 22.8 Å². The van der Waals surface area contributed by atoms with E-state index in [0.717, 1.165) is 18.4 Å². The Hall–Kier alpha value is -0.760. The summed E-state index contributed by atoms with van der Waals surface area (Å²) < 4.78 is 5.65. The zero-order valence-corrected chi connectivity index (χ0v) is 14.0. The summed E-state index contributed by atoms with van der Waals surface area (Å²) in [6, 6.07) is 4.98. The molecule has 0 unspecified atom stereocenters. The third-order valence-corrected chi connectivity index (χ3v) is 5.74. The van der Waals surface area contributed by atoms with E-state index >= 15 is 0 Å². The molecule has 2 aliphatic carbocycles. The van der Waals surface area contributed by atoms with Gasteiger partial charge in [-0.15, -0.1) is 0 Å². The van der Waals surface area contributed by atoms with Crippen LogP contribution in [-0.2, 0) is 6.42 Å². The molecule has 1 aromatic heterocycles. The van der Waals surface area contributed by atoms with Crippen LogP contribution in [0.3, 0.4) is 0 Å². The molecule has 0 aromatic carbocycles. The third-order valence-electron chi connectivity index (χ3n) is 5.74. The summed E-state index contributed by atoms with van der Waals surface area (Å²) in [5.74, 6) is 2.05. The summed E-state index contributed by atoms with van der Waals surface area (Å²) in [5.41, 5.74) is 0.878. The average molecular weight is 289 g/mol. The van der Waals surface area contributed by atoms with Crippen molar-refractivity contribution in [3.05, 3.63) is 24.2 Å². The monoisotopic (exact) mass is 289 g/mol. The Balaban J connectivity index is 1.65. The Labute approximate surface area is 129 Å². The van der Waals surface area contributed by atoms with E-state index in [1.54, 1.807) is 0 Å². The van der Waals surface area contributed by atoms with Crippen molar-refractivity contribution in [2.75, 3.05) is 6.54 Å². The molecule has 3 rings (SSSR count). The molecule has 1 heterocycles. The number of hydrogen-bond acceptors (Lipinski definition) is 2. The maximum Gasteiger partial charge on any atom is 0.104 e. The maximum absolute atomic E-state index is 5.65. The fourth-order valence-corrected chi connectivity index (χ4v) is 3.94. The van der Waals surface area contributed by atoms with E-state index < -0.39 is 0 Å². The molecule has 0 spiro atoms. The van der Waals surface area contributed by atoms with Gasteiger partial charge >= 0.3 is 0 Å². The SMILES string of the molecule is CC(C)(C)C1CCC(CNC2CC2)(Cc2ccco2)CC1. The van der Waals surface area contributed by atoms with Gasteiger partial charge in [0, 0.05) is 19.0 Å². The van der Waals surface area contributed by atoms with E-state index in [1.807, 2.05) is 12.3 Å². The van der Waals surface area contributed by atoms with Crippen LogP contribution in [-0.4, -0.2) is 12.6 Å². The normalized spacial score (nSPS) is 30.5. The zero-order chi connectivity index (χ0) is 14.9. The highest BCUT2D eigenvalue weighted by atomic mass is 16.3. The molecule has 2 heteroatoms. The predicted molar refractivity (Wildman–Crippen MR) is 87.3 cm³/mol. The van der Waals surface area contributed by atoms with Crippen LogP contribution < -0.4 is 5.32 Å². The van der Waals surface area contributed by atoms with E-state index in [0.29, 0.717) is 10.8 Å². The maximum atomic E-state index is 5.65. The smallest absolute Gasteiger partial charge is 0.104 e. The third kappa shape index (κ3) is 3.91. The van der Waals surface area contributed by atoms with Crippen molar-refractivity contribution in [1.29, 1.82) is 0 Å². The van der Waals surface area contributed by atoms with Crippen LogP contribution in [0.4, 0.5) is 0 Å². The first-order chi connectivity index (χ1) is 9.97. The summed E-state index contributed by atoms with van der Waals surface area (Å²) >= 11 is 0. The molecule has 0 radical (unpaired) electrons. The molecule has 0 amide bonds. The molecular weight excluding hydrogens is 258 g/mol. The first kappa shape index (κ1) is 15.1. The van der Waals surface area contributed by atoms with Crippen molar-refractivity contribution < 1.29 is 4.42 Å². The van der Waals surface area contributed by atoms with E-state index in [1.165, 1.54) is 50.8 Å². The largest absolute Gasteiger partial charge is 0.469 e. The lowest BCUT2D eigenvalue weighted by Crippen LogP contribution is -2.41. The number of rotatable bonds is 5. The lowest BCUT2D eigenvalue weighted by Gasteiger charge is -2.44. The van der Waals surface area contributed by atoms with Crippen molar-refractivity contribution in [1.82, 2.24) is 5.32 Å². The van der Waals surface area contributed by atoms with E-state index in [2.05, 4.69) is 32.2 Å². The van der Waals surface area contributed by atoms with Crippen molar-refractivity contribution in [3.63, 3.8) is 0 Å². The second kappa shape index (κ2) is 5.79. The van der Waals surface area contributed by atoms with Gasteiger partial charge in [-0.05, 0) is 67.4 Å². The molecule has 2 fully saturated rings. The average Bonchev–Trinajstić information content (AvgIpc) is 3.13. The number of nitrogens with one attached hydrogen (secondary N) is 1. The minimum atomic E-state index is 0.419. The summed E-state index contributed by atoms with van der Waals surface area (Å²) in [6.07, 6.45) is 11.1. The van der Waals surface area contributed by atoms with Gasteiger partial charge in [-0.3, -0.25) is 0 Å². The van der Waals surface area contributed by atoms with Gasteiger partial charge in [0.1, 0.15) is 5.76 Å². The van der Waals surface area contributed by atoms with Gasteiger partial charge in [0.15, 0.2) is 0 Å². The lowest BCUT2D eigenvalue weighted by atomic mass is 9.62. The van der Waals surface area contributed by atoms with E-state index in [4.69, 9.17) is 4.42 Å². The first-order valence-corrected chi connectivity index (χ1v) is 8.73. The molecular formula is C19H31NO. The summed E-state index contributed by atoms with van der Waals surface area (Å²) in [4.78, 5) is 0. The van der Waals surface area contributed by atoms with Crippen molar-refractivity contribution in [2.24, 2.45) is 16.7 Å². The molecule has 118 valence electrons. The van der Waals surface area contributed by atoms with Crippen LogP contribution in [0.2, 0.25) is 0 Å². The Morgan fingerprint density at radius 3 is 2.43 bits per heavy atom. The number of hydrogen-bond donors (Lipinski definition) is 1. The molecule has 1 aromatic rings. The minimum Gasteiger partial charge on any atom is -0.469 e. The minimum absolute atomic E-state index is 0.419. The molecule has 1 N–H and O–H groups in total. The van der Waals surface area contributed by atoms with Crippen LogP contribution >= 0.6 is 0 Å². The van der Waals surface area contributed by atoms with Gasteiger partial charge in [-0.25, -0.2) is 0 Å². The molecule has 0 atom stereocenters. The van der Waals surface area contributed by atoms with E-state index in [9.17, 15) is 0 Å². The summed E-state index contributed by atoms with van der Waals surface area (Å²) in [5, 5.41) is 3.79. The van der Waals surface area contributed by atoms with Crippen molar-refractivity contribution in [2.45, 2.75) is 71.8 Å². The highest BCUT2D eigenvalue weighted by Gasteiger charge is 2.40. The molecule has 0 bridgehead atoms. The van der Waals surface area contributed by atoms with Gasteiger partial charge in [0.2, 0.25) is 0 Å². The second-order valence-electron chi connectivity index (χ2n) is 8.55. The van der Waals surface area contributed by atoms with Gasteiger partial charge < -0.3 is 9.73 Å². The Morgan fingerprint density at radius 2 is 1.90 bits per heavy atom. The fourth-order valence-electron chi connectivity index (χ4n) is 3.94. The predicted octanol–water partition coefficient (Wildman–Crippen LogP) is 4.80. The zero-order valence-electron chi connectivity index (χ0n) is 14.0. The Kier molecular flexibility index (Phi) is 4.18. The second-order valence-corrected chi connectivity index (χ2v) is 8.55. The summed E-state index contributed by atoms with van der Waals surface area (Å²) in [7, 11) is 0. The van der Waals surface area contributed by atoms with Crippen LogP contribution in [0.1, 0.15) is 65.1 Å². The molecule has 2 nitrogen and oxygen atoms in total. The fraction of sp³-hybridized carbons (Fsp3) is 0.789. The quantitative estimate of drug-likeness (QED) is 0.842. The van der Waals surface area contributed by atoms with Gasteiger partial charge in [-0.1, -0.05) is 20.8 Å². The Bertz CT molecular complexity index is 431. The Morgan fingerprint density at radius 1 is 1.19 bits per heavy atom. The topological polar surface area (TPSA) is 25.2 Å². The molecule has 2 aliphatic rings. The van der Waals surface area contributed by atoms with Crippen molar-refractivity contribution >= 4 is 0 Å². The number of furan rings is 1.